The Bertz CT molecular complexity index is 444. The molecule has 1 unspecified atom stereocenters. The van der Waals surface area contributed by atoms with E-state index in [1.54, 1.807) is 0 Å². The number of rotatable bonds is 3. The van der Waals surface area contributed by atoms with E-state index in [2.05, 4.69) is 15.9 Å². The zero-order valence-electron chi connectivity index (χ0n) is 9.08. The third-order valence-electron chi connectivity index (χ3n) is 2.98. The van der Waals surface area contributed by atoms with Gasteiger partial charge in [-0.25, -0.2) is 0 Å². The zero-order chi connectivity index (χ0) is 12.5. The summed E-state index contributed by atoms with van der Waals surface area (Å²) in [7, 11) is 0. The van der Waals surface area contributed by atoms with Crippen LogP contribution in [0, 0.1) is 0 Å². The number of benzene rings is 1. The van der Waals surface area contributed by atoms with Gasteiger partial charge in [0.2, 0.25) is 0 Å². The van der Waals surface area contributed by atoms with E-state index in [9.17, 15) is 9.90 Å². The van der Waals surface area contributed by atoms with Crippen LogP contribution in [0.25, 0.3) is 0 Å². The number of aliphatic carboxylic acids is 1. The van der Waals surface area contributed by atoms with Gasteiger partial charge in [0.15, 0.2) is 0 Å². The van der Waals surface area contributed by atoms with E-state index in [0.29, 0.717) is 11.4 Å². The smallest absolute Gasteiger partial charge is 0.320 e. The summed E-state index contributed by atoms with van der Waals surface area (Å²) >= 11 is 11.0. The van der Waals surface area contributed by atoms with E-state index in [4.69, 9.17) is 11.6 Å². The van der Waals surface area contributed by atoms with Crippen LogP contribution in [0.15, 0.2) is 22.7 Å². The Labute approximate surface area is 118 Å². The molecule has 2 nitrogen and oxygen atoms in total. The van der Waals surface area contributed by atoms with E-state index < -0.39 is 10.7 Å². The summed E-state index contributed by atoms with van der Waals surface area (Å²) in [5.41, 5.74) is 0.909. The summed E-state index contributed by atoms with van der Waals surface area (Å²) in [4.78, 5) is 11.4. The highest BCUT2D eigenvalue weighted by atomic mass is 79.9. The Morgan fingerprint density at radius 2 is 2.35 bits per heavy atom. The molecule has 1 aliphatic rings. The molecule has 1 aromatic rings. The average Bonchev–Trinajstić information content (AvgIpc) is 2.72. The fourth-order valence-electron chi connectivity index (χ4n) is 2.05. The molecule has 0 aliphatic carbocycles. The molecule has 0 amide bonds. The lowest BCUT2D eigenvalue weighted by molar-refractivity contribution is -0.139. The maximum absolute atomic E-state index is 11.4. The largest absolute Gasteiger partial charge is 0.480 e. The molecule has 2 rings (SSSR count). The van der Waals surface area contributed by atoms with Gasteiger partial charge in [0.1, 0.15) is 4.75 Å². The number of carbonyl (C=O) groups is 1. The highest BCUT2D eigenvalue weighted by molar-refractivity contribution is 9.10. The van der Waals surface area contributed by atoms with Crippen molar-refractivity contribution in [2.24, 2.45) is 0 Å². The summed E-state index contributed by atoms with van der Waals surface area (Å²) in [5.74, 6) is 0.194. The van der Waals surface area contributed by atoms with Gasteiger partial charge in [-0.1, -0.05) is 33.6 Å². The molecule has 0 aromatic heterocycles. The lowest BCUT2D eigenvalue weighted by Gasteiger charge is -2.23. The molecule has 0 saturated carbocycles. The number of carboxylic acid groups (broad SMARTS) is 1. The van der Waals surface area contributed by atoms with Gasteiger partial charge in [0.05, 0.1) is 0 Å². The zero-order valence-corrected chi connectivity index (χ0v) is 12.2. The first-order valence-corrected chi connectivity index (χ1v) is 7.50. The number of hydrogen-bond acceptors (Lipinski definition) is 2. The highest BCUT2D eigenvalue weighted by Gasteiger charge is 2.42. The minimum atomic E-state index is -0.723. The summed E-state index contributed by atoms with van der Waals surface area (Å²) in [6.45, 7) is 0. The van der Waals surface area contributed by atoms with Gasteiger partial charge in [-0.15, -0.1) is 11.8 Å². The third-order valence-corrected chi connectivity index (χ3v) is 5.40. The molecule has 1 N–H and O–H groups in total. The van der Waals surface area contributed by atoms with Crippen LogP contribution in [0.5, 0.6) is 0 Å². The van der Waals surface area contributed by atoms with Crippen molar-refractivity contribution in [3.8, 4) is 0 Å². The number of carboxylic acids is 1. The van der Waals surface area contributed by atoms with Crippen molar-refractivity contribution in [3.63, 3.8) is 0 Å². The predicted octanol–water partition coefficient (Wildman–Crippen LogP) is 4.00. The van der Waals surface area contributed by atoms with Crippen molar-refractivity contribution in [2.75, 3.05) is 5.75 Å². The second kappa shape index (κ2) is 5.21. The van der Waals surface area contributed by atoms with Crippen LogP contribution in [0.4, 0.5) is 0 Å². The van der Waals surface area contributed by atoms with Crippen molar-refractivity contribution in [1.82, 2.24) is 0 Å². The molecule has 1 heterocycles. The second-order valence-electron chi connectivity index (χ2n) is 4.16. The van der Waals surface area contributed by atoms with Crippen LogP contribution >= 0.6 is 39.3 Å². The summed E-state index contributed by atoms with van der Waals surface area (Å²) < 4.78 is 0.229. The normalized spacial score (nSPS) is 23.9. The standard InChI is InChI=1S/C12H12BrClO2S/c13-9-3-2-8(10(14)6-9)7-12(11(15)16)4-1-5-17-12/h2-3,6H,1,4-5,7H2,(H,15,16). The van der Waals surface area contributed by atoms with Crippen LogP contribution in [0.1, 0.15) is 18.4 Å². The minimum absolute atomic E-state index is 0.499. The fraction of sp³-hybridized carbons (Fsp3) is 0.417. The van der Waals surface area contributed by atoms with Crippen LogP contribution in [0.3, 0.4) is 0 Å². The molecular weight excluding hydrogens is 324 g/mol. The Morgan fingerprint density at radius 1 is 1.59 bits per heavy atom. The minimum Gasteiger partial charge on any atom is -0.480 e. The van der Waals surface area contributed by atoms with Crippen molar-refractivity contribution < 1.29 is 9.90 Å². The van der Waals surface area contributed by atoms with Gasteiger partial charge < -0.3 is 5.11 Å². The molecule has 1 aromatic carbocycles. The summed E-state index contributed by atoms with van der Waals surface area (Å²) in [6.07, 6.45) is 2.18. The third kappa shape index (κ3) is 2.80. The number of halogens is 2. The first-order chi connectivity index (χ1) is 8.03. The molecule has 1 aliphatic heterocycles. The van der Waals surface area contributed by atoms with Gasteiger partial charge in [0.25, 0.3) is 0 Å². The lowest BCUT2D eigenvalue weighted by atomic mass is 9.94. The first kappa shape index (κ1) is 13.2. The SMILES string of the molecule is O=C(O)C1(Cc2ccc(Br)cc2Cl)CCCS1. The Hall–Kier alpha value is -0.190. The van der Waals surface area contributed by atoms with E-state index >= 15 is 0 Å². The molecule has 1 fully saturated rings. The van der Waals surface area contributed by atoms with Crippen LogP contribution in [-0.4, -0.2) is 21.6 Å². The van der Waals surface area contributed by atoms with Gasteiger partial charge >= 0.3 is 5.97 Å². The molecule has 1 atom stereocenters. The van der Waals surface area contributed by atoms with E-state index in [-0.39, 0.29) is 0 Å². The van der Waals surface area contributed by atoms with Crippen molar-refractivity contribution in [2.45, 2.75) is 24.0 Å². The monoisotopic (exact) mass is 334 g/mol. The molecule has 92 valence electrons. The van der Waals surface area contributed by atoms with Crippen molar-refractivity contribution >= 4 is 45.3 Å². The van der Waals surface area contributed by atoms with Crippen LogP contribution in [-0.2, 0) is 11.2 Å². The fourth-order valence-corrected chi connectivity index (χ4v) is 4.14. The van der Waals surface area contributed by atoms with Gasteiger partial charge in [0, 0.05) is 9.50 Å². The number of hydrogen-bond donors (Lipinski definition) is 1. The molecule has 0 bridgehead atoms. The van der Waals surface area contributed by atoms with E-state index in [1.165, 1.54) is 11.8 Å². The van der Waals surface area contributed by atoms with Gasteiger partial charge in [-0.05, 0) is 42.7 Å². The van der Waals surface area contributed by atoms with Crippen LogP contribution in [0.2, 0.25) is 5.02 Å². The molecule has 17 heavy (non-hydrogen) atoms. The van der Waals surface area contributed by atoms with E-state index in [0.717, 1.165) is 28.6 Å². The van der Waals surface area contributed by atoms with Crippen LogP contribution < -0.4 is 0 Å². The van der Waals surface area contributed by atoms with E-state index in [1.807, 2.05) is 18.2 Å². The molecule has 5 heteroatoms. The maximum Gasteiger partial charge on any atom is 0.320 e. The summed E-state index contributed by atoms with van der Waals surface area (Å²) in [5, 5.41) is 10.0. The Morgan fingerprint density at radius 3 is 2.88 bits per heavy atom. The van der Waals surface area contributed by atoms with Crippen molar-refractivity contribution in [1.29, 1.82) is 0 Å². The number of thioether (sulfide) groups is 1. The van der Waals surface area contributed by atoms with Gasteiger partial charge in [-0.2, -0.15) is 0 Å². The molecular formula is C12H12BrClO2S. The molecule has 1 saturated heterocycles. The Kier molecular flexibility index (Phi) is 4.06. The Balaban J connectivity index is 2.26. The first-order valence-electron chi connectivity index (χ1n) is 5.35. The maximum atomic E-state index is 11.4. The van der Waals surface area contributed by atoms with Crippen molar-refractivity contribution in [3.05, 3.63) is 33.3 Å². The molecule has 0 radical (unpaired) electrons. The quantitative estimate of drug-likeness (QED) is 0.907. The average molecular weight is 336 g/mol. The predicted molar refractivity (Wildman–Crippen MR) is 74.9 cm³/mol. The summed E-state index contributed by atoms with van der Waals surface area (Å²) in [6, 6.07) is 5.61. The lowest BCUT2D eigenvalue weighted by Crippen LogP contribution is -2.34. The molecule has 0 spiro atoms. The van der Waals surface area contributed by atoms with Gasteiger partial charge in [-0.3, -0.25) is 4.79 Å². The second-order valence-corrected chi connectivity index (χ2v) is 6.97. The highest BCUT2D eigenvalue weighted by Crippen LogP contribution is 2.42. The topological polar surface area (TPSA) is 37.3 Å².